The molecule has 0 spiro atoms. The number of imide groups is 1. The number of ether oxygens (including phenoxy) is 1. The van der Waals surface area contributed by atoms with E-state index in [4.69, 9.17) is 4.74 Å². The van der Waals surface area contributed by atoms with Crippen molar-refractivity contribution in [3.05, 3.63) is 102 Å². The number of amides is 4. The summed E-state index contributed by atoms with van der Waals surface area (Å²) in [7, 11) is 0. The predicted octanol–water partition coefficient (Wildman–Crippen LogP) is 3.85. The number of nitrogens with zero attached hydrogens (tertiary/aromatic N) is 1. The number of urea groups is 1. The van der Waals surface area contributed by atoms with Gasteiger partial charge in [0, 0.05) is 5.56 Å². The highest BCUT2D eigenvalue weighted by Crippen LogP contribution is 2.22. The van der Waals surface area contributed by atoms with Crippen LogP contribution in [-0.2, 0) is 17.8 Å². The van der Waals surface area contributed by atoms with E-state index >= 15 is 0 Å². The number of hydrazine groups is 1. The summed E-state index contributed by atoms with van der Waals surface area (Å²) in [6.45, 7) is 2.03. The van der Waals surface area contributed by atoms with Crippen molar-refractivity contribution in [3.63, 3.8) is 0 Å². The second kappa shape index (κ2) is 9.56. The molecule has 4 rings (SSSR count). The molecule has 7 nitrogen and oxygen atoms in total. The van der Waals surface area contributed by atoms with E-state index in [-0.39, 0.29) is 0 Å². The van der Waals surface area contributed by atoms with Crippen LogP contribution in [-0.4, -0.2) is 28.4 Å². The third-order valence-electron chi connectivity index (χ3n) is 5.60. The van der Waals surface area contributed by atoms with Gasteiger partial charge in [-0.05, 0) is 55.2 Å². The molecule has 0 saturated carbocycles. The number of benzene rings is 3. The maximum atomic E-state index is 12.9. The highest BCUT2D eigenvalue weighted by Gasteiger charge is 2.48. The SMILES string of the molecule is C[C@]1(CCc2ccccc2)NC(=O)N(NC(=O)c2ccc(COc3ccccc3)cc2)C1=O. The van der Waals surface area contributed by atoms with Gasteiger partial charge in [0.15, 0.2) is 0 Å². The number of rotatable bonds is 8. The third-order valence-corrected chi connectivity index (χ3v) is 5.60. The van der Waals surface area contributed by atoms with Gasteiger partial charge in [0.1, 0.15) is 17.9 Å². The van der Waals surface area contributed by atoms with Crippen molar-refractivity contribution >= 4 is 17.8 Å². The van der Waals surface area contributed by atoms with E-state index in [2.05, 4.69) is 10.7 Å². The number of para-hydroxylation sites is 1. The third kappa shape index (κ3) is 5.20. The average molecular weight is 444 g/mol. The molecule has 1 atom stereocenters. The van der Waals surface area contributed by atoms with Crippen LogP contribution in [0, 0.1) is 0 Å². The van der Waals surface area contributed by atoms with Crippen molar-refractivity contribution in [1.82, 2.24) is 15.8 Å². The van der Waals surface area contributed by atoms with Gasteiger partial charge in [-0.15, -0.1) is 0 Å². The van der Waals surface area contributed by atoms with Crippen LogP contribution < -0.4 is 15.5 Å². The fraction of sp³-hybridized carbons (Fsp3) is 0.192. The highest BCUT2D eigenvalue weighted by atomic mass is 16.5. The van der Waals surface area contributed by atoms with Gasteiger partial charge in [-0.3, -0.25) is 15.0 Å². The lowest BCUT2D eigenvalue weighted by Gasteiger charge is -2.21. The molecule has 1 fully saturated rings. The monoisotopic (exact) mass is 443 g/mol. The number of aryl methyl sites for hydroxylation is 1. The molecule has 1 heterocycles. The zero-order valence-corrected chi connectivity index (χ0v) is 18.3. The van der Waals surface area contributed by atoms with Crippen LogP contribution in [0.1, 0.15) is 34.8 Å². The maximum absolute atomic E-state index is 12.9. The van der Waals surface area contributed by atoms with Crippen molar-refractivity contribution in [2.45, 2.75) is 31.9 Å². The molecule has 1 saturated heterocycles. The summed E-state index contributed by atoms with van der Waals surface area (Å²) in [6.07, 6.45) is 1.04. The van der Waals surface area contributed by atoms with E-state index < -0.39 is 23.4 Å². The summed E-state index contributed by atoms with van der Waals surface area (Å²) in [5.41, 5.74) is 3.63. The molecule has 33 heavy (non-hydrogen) atoms. The largest absolute Gasteiger partial charge is 0.489 e. The van der Waals surface area contributed by atoms with Crippen LogP contribution >= 0.6 is 0 Å². The Labute approximate surface area is 192 Å². The molecule has 0 aromatic heterocycles. The lowest BCUT2D eigenvalue weighted by atomic mass is 9.93. The highest BCUT2D eigenvalue weighted by molar-refractivity contribution is 6.09. The van der Waals surface area contributed by atoms with Crippen molar-refractivity contribution in [3.8, 4) is 5.75 Å². The smallest absolute Gasteiger partial charge is 0.344 e. The summed E-state index contributed by atoms with van der Waals surface area (Å²) in [6, 6.07) is 25.3. The van der Waals surface area contributed by atoms with Gasteiger partial charge in [-0.1, -0.05) is 60.7 Å². The van der Waals surface area contributed by atoms with Gasteiger partial charge in [0.05, 0.1) is 0 Å². The molecule has 1 aliphatic rings. The zero-order chi connectivity index (χ0) is 23.3. The molecule has 1 aliphatic heterocycles. The van der Waals surface area contributed by atoms with Crippen LogP contribution in [0.25, 0.3) is 0 Å². The summed E-state index contributed by atoms with van der Waals surface area (Å²) in [4.78, 5) is 38.0. The van der Waals surface area contributed by atoms with Gasteiger partial charge >= 0.3 is 6.03 Å². The van der Waals surface area contributed by atoms with E-state index in [1.165, 1.54) is 0 Å². The van der Waals surface area contributed by atoms with Crippen molar-refractivity contribution in [2.75, 3.05) is 0 Å². The molecule has 2 N–H and O–H groups in total. The van der Waals surface area contributed by atoms with Crippen molar-refractivity contribution in [2.24, 2.45) is 0 Å². The summed E-state index contributed by atoms with van der Waals surface area (Å²) < 4.78 is 5.70. The van der Waals surface area contributed by atoms with E-state index in [1.54, 1.807) is 31.2 Å². The minimum Gasteiger partial charge on any atom is -0.489 e. The fourth-order valence-corrected chi connectivity index (χ4v) is 3.60. The number of carbonyl (C=O) groups excluding carboxylic acids is 3. The molecular formula is C26H25N3O4. The van der Waals surface area contributed by atoms with E-state index in [9.17, 15) is 14.4 Å². The first-order chi connectivity index (χ1) is 15.9. The predicted molar refractivity (Wildman–Crippen MR) is 123 cm³/mol. The Hall–Kier alpha value is -4.13. The van der Waals surface area contributed by atoms with Crippen LogP contribution in [0.4, 0.5) is 4.79 Å². The van der Waals surface area contributed by atoms with Gasteiger partial charge in [0.25, 0.3) is 11.8 Å². The molecule has 7 heteroatoms. The zero-order valence-electron chi connectivity index (χ0n) is 18.3. The standard InChI is InChI=1S/C26H25N3O4/c1-26(17-16-19-8-4-2-5-9-19)24(31)29(25(32)27-26)28-23(30)21-14-12-20(13-15-21)18-33-22-10-6-3-7-11-22/h2-15H,16-18H2,1H3,(H,27,32)(H,28,30)/t26-/m1/s1. The molecule has 0 radical (unpaired) electrons. The Balaban J connectivity index is 1.34. The first-order valence-corrected chi connectivity index (χ1v) is 10.7. The second-order valence-electron chi connectivity index (χ2n) is 8.13. The Bertz CT molecular complexity index is 1130. The topological polar surface area (TPSA) is 87.7 Å². The Kier molecular flexibility index (Phi) is 6.40. The van der Waals surface area contributed by atoms with Crippen LogP contribution in [0.15, 0.2) is 84.9 Å². The second-order valence-corrected chi connectivity index (χ2v) is 8.13. The first-order valence-electron chi connectivity index (χ1n) is 10.7. The minimum atomic E-state index is -1.08. The minimum absolute atomic E-state index is 0.331. The van der Waals surface area contributed by atoms with Crippen molar-refractivity contribution < 1.29 is 19.1 Å². The maximum Gasteiger partial charge on any atom is 0.344 e. The number of hydrogen-bond donors (Lipinski definition) is 2. The van der Waals surface area contributed by atoms with Gasteiger partial charge in [-0.25, -0.2) is 4.79 Å². The Morgan fingerprint density at radius 3 is 2.21 bits per heavy atom. The first kappa shape index (κ1) is 22.1. The van der Waals surface area contributed by atoms with Gasteiger partial charge in [-0.2, -0.15) is 5.01 Å². The molecule has 3 aromatic carbocycles. The van der Waals surface area contributed by atoms with Crippen LogP contribution in [0.2, 0.25) is 0 Å². The molecule has 168 valence electrons. The summed E-state index contributed by atoms with van der Waals surface area (Å²) >= 11 is 0. The fourth-order valence-electron chi connectivity index (χ4n) is 3.60. The molecule has 4 amide bonds. The van der Waals surface area contributed by atoms with Crippen molar-refractivity contribution in [1.29, 1.82) is 0 Å². The molecule has 0 unspecified atom stereocenters. The molecule has 0 bridgehead atoms. The molecule has 3 aromatic rings. The summed E-state index contributed by atoms with van der Waals surface area (Å²) in [5.74, 6) is -0.265. The lowest BCUT2D eigenvalue weighted by Crippen LogP contribution is -2.48. The number of carbonyl (C=O) groups is 3. The normalized spacial score (nSPS) is 17.5. The quantitative estimate of drug-likeness (QED) is 0.518. The van der Waals surface area contributed by atoms with Gasteiger partial charge < -0.3 is 10.1 Å². The van der Waals surface area contributed by atoms with Crippen LogP contribution in [0.3, 0.4) is 0 Å². The van der Waals surface area contributed by atoms with E-state index in [1.807, 2.05) is 60.7 Å². The van der Waals surface area contributed by atoms with E-state index in [0.29, 0.717) is 25.0 Å². The Morgan fingerprint density at radius 1 is 0.909 bits per heavy atom. The number of nitrogens with one attached hydrogen (secondary N) is 2. The number of hydrogen-bond acceptors (Lipinski definition) is 4. The van der Waals surface area contributed by atoms with Gasteiger partial charge in [0.2, 0.25) is 0 Å². The lowest BCUT2D eigenvalue weighted by molar-refractivity contribution is -0.132. The molecular weight excluding hydrogens is 418 g/mol. The van der Waals surface area contributed by atoms with Crippen LogP contribution in [0.5, 0.6) is 5.75 Å². The molecule has 0 aliphatic carbocycles. The summed E-state index contributed by atoms with van der Waals surface area (Å²) in [5, 5.41) is 3.47. The average Bonchev–Trinajstić information content (AvgIpc) is 3.06. The van der Waals surface area contributed by atoms with E-state index in [0.717, 1.165) is 21.9 Å². The Morgan fingerprint density at radius 2 is 1.55 bits per heavy atom.